The van der Waals surface area contributed by atoms with Crippen LogP contribution in [0.25, 0.3) is 0 Å². The Kier molecular flexibility index (Phi) is 7.24. The molecule has 11 nitrogen and oxygen atoms in total. The topological polar surface area (TPSA) is 146 Å². The maximum absolute atomic E-state index is 12.8. The molecule has 0 aliphatic carbocycles. The molecule has 0 saturated heterocycles. The third-order valence-electron chi connectivity index (χ3n) is 4.73. The van der Waals surface area contributed by atoms with E-state index in [-0.39, 0.29) is 29.2 Å². The van der Waals surface area contributed by atoms with Gasteiger partial charge in [0, 0.05) is 12.1 Å². The van der Waals surface area contributed by atoms with E-state index in [0.717, 1.165) is 12.1 Å². The number of carbonyl (C=O) groups is 3. The van der Waals surface area contributed by atoms with E-state index in [1.165, 1.54) is 13.2 Å². The average molecular weight is 455 g/mol. The number of hydrogen-bond acceptors (Lipinski definition) is 8. The summed E-state index contributed by atoms with van der Waals surface area (Å²) in [5, 5.41) is 16.6. The second kappa shape index (κ2) is 10.3. The van der Waals surface area contributed by atoms with Crippen molar-refractivity contribution in [1.29, 1.82) is 0 Å². The molecule has 0 fully saturated rings. The van der Waals surface area contributed by atoms with Crippen LogP contribution in [0.2, 0.25) is 0 Å². The number of nitrogens with one attached hydrogen (secondary N) is 2. The summed E-state index contributed by atoms with van der Waals surface area (Å²) < 4.78 is 15.4. The summed E-state index contributed by atoms with van der Waals surface area (Å²) in [6.07, 6.45) is 0. The minimum atomic E-state index is -0.825. The van der Waals surface area contributed by atoms with Gasteiger partial charge in [-0.3, -0.25) is 10.1 Å². The molecule has 2 aromatic carbocycles. The fourth-order valence-corrected chi connectivity index (χ4v) is 3.25. The van der Waals surface area contributed by atoms with Crippen molar-refractivity contribution in [2.45, 2.75) is 13.0 Å². The smallest absolute Gasteiger partial charge is 0.338 e. The zero-order chi connectivity index (χ0) is 24.0. The predicted molar refractivity (Wildman–Crippen MR) is 114 cm³/mol. The van der Waals surface area contributed by atoms with Gasteiger partial charge in [-0.2, -0.15) is 0 Å². The fourth-order valence-electron chi connectivity index (χ4n) is 3.25. The monoisotopic (exact) mass is 455 g/mol. The number of hydrogen-bond donors (Lipinski definition) is 2. The first-order valence-electron chi connectivity index (χ1n) is 9.87. The Morgan fingerprint density at radius 1 is 1.12 bits per heavy atom. The van der Waals surface area contributed by atoms with Crippen LogP contribution in [-0.2, 0) is 14.3 Å². The molecular weight excluding hydrogens is 434 g/mol. The van der Waals surface area contributed by atoms with Crippen LogP contribution in [0.3, 0.4) is 0 Å². The van der Waals surface area contributed by atoms with E-state index in [9.17, 15) is 24.5 Å². The number of carbonyl (C=O) groups excluding carboxylic acids is 3. The van der Waals surface area contributed by atoms with Crippen molar-refractivity contribution >= 4 is 23.7 Å². The highest BCUT2D eigenvalue weighted by Crippen LogP contribution is 2.31. The van der Waals surface area contributed by atoms with E-state index in [1.54, 1.807) is 37.3 Å². The number of nitro groups is 1. The van der Waals surface area contributed by atoms with Crippen LogP contribution in [-0.4, -0.2) is 43.2 Å². The molecule has 0 aromatic heterocycles. The van der Waals surface area contributed by atoms with Crippen LogP contribution >= 0.6 is 0 Å². The molecule has 2 aromatic rings. The normalized spacial score (nSPS) is 15.2. The molecule has 2 amide bonds. The number of esters is 2. The summed E-state index contributed by atoms with van der Waals surface area (Å²) in [5.74, 6) is -1.63. The summed E-state index contributed by atoms with van der Waals surface area (Å²) in [6, 6.07) is 10.9. The van der Waals surface area contributed by atoms with Crippen LogP contribution < -0.4 is 15.4 Å². The molecule has 172 valence electrons. The third kappa shape index (κ3) is 5.26. The van der Waals surface area contributed by atoms with Gasteiger partial charge in [-0.25, -0.2) is 14.4 Å². The molecule has 1 aliphatic rings. The molecule has 11 heteroatoms. The summed E-state index contributed by atoms with van der Waals surface area (Å²) in [6.45, 7) is 1.33. The molecule has 0 radical (unpaired) electrons. The van der Waals surface area contributed by atoms with Crippen molar-refractivity contribution in [3.63, 3.8) is 0 Å². The maximum atomic E-state index is 12.8. The molecule has 1 unspecified atom stereocenters. The first-order chi connectivity index (χ1) is 15.8. The molecule has 1 aliphatic heterocycles. The quantitative estimate of drug-likeness (QED) is 0.351. The van der Waals surface area contributed by atoms with Gasteiger partial charge >= 0.3 is 23.7 Å². The van der Waals surface area contributed by atoms with E-state index in [1.807, 2.05) is 0 Å². The molecule has 33 heavy (non-hydrogen) atoms. The van der Waals surface area contributed by atoms with Crippen molar-refractivity contribution < 1.29 is 33.5 Å². The van der Waals surface area contributed by atoms with Crippen molar-refractivity contribution in [1.82, 2.24) is 10.6 Å². The first-order valence-corrected chi connectivity index (χ1v) is 9.87. The van der Waals surface area contributed by atoms with Gasteiger partial charge in [-0.1, -0.05) is 30.3 Å². The highest BCUT2D eigenvalue weighted by molar-refractivity contribution is 5.95. The molecule has 3 rings (SSSR count). The van der Waals surface area contributed by atoms with Crippen molar-refractivity contribution in [2.24, 2.45) is 0 Å². The highest BCUT2D eigenvalue weighted by atomic mass is 16.6. The lowest BCUT2D eigenvalue weighted by Crippen LogP contribution is -2.47. The largest absolute Gasteiger partial charge is 0.480 e. The molecule has 2 N–H and O–H groups in total. The van der Waals surface area contributed by atoms with Gasteiger partial charge in [0.1, 0.15) is 6.61 Å². The SMILES string of the molecule is CCOC(=O)C1=C(COc2cc(C(=O)OC)ccc2[N+](=O)[O-])NC(=O)NC1c1ccccc1. The Balaban J connectivity index is 2.01. The van der Waals surface area contributed by atoms with E-state index < -0.39 is 41.2 Å². The minimum absolute atomic E-state index is 0.0363. The summed E-state index contributed by atoms with van der Waals surface area (Å²) in [5.41, 5.74) is 0.430. The lowest BCUT2D eigenvalue weighted by atomic mass is 9.95. The number of methoxy groups -OCH3 is 1. The van der Waals surface area contributed by atoms with Gasteiger partial charge < -0.3 is 24.8 Å². The highest BCUT2D eigenvalue weighted by Gasteiger charge is 2.34. The molecule has 0 saturated carbocycles. The zero-order valence-electron chi connectivity index (χ0n) is 17.8. The second-order valence-corrected chi connectivity index (χ2v) is 6.77. The number of rotatable bonds is 8. The predicted octanol–water partition coefficient (Wildman–Crippen LogP) is 2.63. The van der Waals surface area contributed by atoms with Crippen molar-refractivity contribution in [2.75, 3.05) is 20.3 Å². The van der Waals surface area contributed by atoms with Gasteiger partial charge in [-0.05, 0) is 18.6 Å². The zero-order valence-corrected chi connectivity index (χ0v) is 17.8. The third-order valence-corrected chi connectivity index (χ3v) is 4.73. The summed E-state index contributed by atoms with van der Waals surface area (Å²) in [4.78, 5) is 47.7. The average Bonchev–Trinajstić information content (AvgIpc) is 2.82. The van der Waals surface area contributed by atoms with Gasteiger partial charge in [0.05, 0.1) is 41.5 Å². The van der Waals surface area contributed by atoms with Crippen LogP contribution in [0.1, 0.15) is 28.9 Å². The standard InChI is InChI=1S/C22H21N3O8/c1-3-32-21(27)18-15(23-22(28)24-19(18)13-7-5-4-6-8-13)12-33-17-11-14(20(26)31-2)9-10-16(17)25(29)30/h4-11,19H,3,12H2,1-2H3,(H2,23,24,28). The lowest BCUT2D eigenvalue weighted by molar-refractivity contribution is -0.385. The molecule has 0 bridgehead atoms. The fraction of sp³-hybridized carbons (Fsp3) is 0.227. The minimum Gasteiger partial charge on any atom is -0.480 e. The second-order valence-electron chi connectivity index (χ2n) is 6.77. The molecule has 0 spiro atoms. The summed E-state index contributed by atoms with van der Waals surface area (Å²) in [7, 11) is 1.18. The van der Waals surface area contributed by atoms with Crippen LogP contribution in [0, 0.1) is 10.1 Å². The molecule has 1 heterocycles. The van der Waals surface area contributed by atoms with Gasteiger partial charge in [0.2, 0.25) is 0 Å². The number of urea groups is 1. The van der Waals surface area contributed by atoms with E-state index in [4.69, 9.17) is 9.47 Å². The van der Waals surface area contributed by atoms with Crippen LogP contribution in [0.5, 0.6) is 5.75 Å². The number of nitro benzene ring substituents is 1. The Morgan fingerprint density at radius 3 is 2.48 bits per heavy atom. The Labute approximate surface area is 188 Å². The molecular formula is C22H21N3O8. The maximum Gasteiger partial charge on any atom is 0.338 e. The Hall–Kier alpha value is -4.41. The van der Waals surface area contributed by atoms with E-state index in [0.29, 0.717) is 5.56 Å². The van der Waals surface area contributed by atoms with Gasteiger partial charge in [-0.15, -0.1) is 0 Å². The molecule has 1 atom stereocenters. The van der Waals surface area contributed by atoms with Crippen molar-refractivity contribution in [3.8, 4) is 5.75 Å². The van der Waals surface area contributed by atoms with Gasteiger partial charge in [0.25, 0.3) is 0 Å². The Morgan fingerprint density at radius 2 is 1.85 bits per heavy atom. The Bertz CT molecular complexity index is 1110. The lowest BCUT2D eigenvalue weighted by Gasteiger charge is -2.29. The van der Waals surface area contributed by atoms with E-state index in [2.05, 4.69) is 15.4 Å². The van der Waals surface area contributed by atoms with Crippen LogP contribution in [0.4, 0.5) is 10.5 Å². The number of amides is 2. The number of benzene rings is 2. The van der Waals surface area contributed by atoms with Crippen molar-refractivity contribution in [3.05, 3.63) is 81.0 Å². The number of ether oxygens (including phenoxy) is 3. The van der Waals surface area contributed by atoms with Gasteiger partial charge in [0.15, 0.2) is 5.75 Å². The summed E-state index contributed by atoms with van der Waals surface area (Å²) >= 11 is 0. The number of nitrogens with zero attached hydrogens (tertiary/aromatic N) is 1. The first kappa shape index (κ1) is 23.3. The van der Waals surface area contributed by atoms with Crippen LogP contribution in [0.15, 0.2) is 59.8 Å². The van der Waals surface area contributed by atoms with E-state index >= 15 is 0 Å².